The number of aldehydes is 1. The molecule has 27 heavy (non-hydrogen) atoms. The molecule has 0 spiro atoms. The molecule has 6 heteroatoms. The number of benzene rings is 1. The molecule has 150 valence electrons. The van der Waals surface area contributed by atoms with E-state index >= 15 is 0 Å². The van der Waals surface area contributed by atoms with E-state index in [4.69, 9.17) is 11.6 Å². The molecule has 4 fully saturated rings. The molecule has 5 rings (SSSR count). The first-order valence-electron chi connectivity index (χ1n) is 9.84. The normalized spacial score (nSPS) is 31.4. The zero-order chi connectivity index (χ0) is 19.6. The lowest BCUT2D eigenvalue weighted by molar-refractivity contribution is -0.111. The van der Waals surface area contributed by atoms with Crippen molar-refractivity contribution in [2.24, 2.45) is 23.7 Å². The molecule has 0 radical (unpaired) electrons. The van der Waals surface area contributed by atoms with Gasteiger partial charge in [-0.3, -0.25) is 0 Å². The Morgan fingerprint density at radius 1 is 1.15 bits per heavy atom. The fraction of sp³-hybridized carbons (Fsp3) is 0.667. The van der Waals surface area contributed by atoms with Gasteiger partial charge in [-0.1, -0.05) is 11.6 Å². The second kappa shape index (κ2) is 8.81. The van der Waals surface area contributed by atoms with E-state index in [1.807, 2.05) is 0 Å². The van der Waals surface area contributed by atoms with Gasteiger partial charge in [0.25, 0.3) is 0 Å². The molecule has 4 bridgehead atoms. The summed E-state index contributed by atoms with van der Waals surface area (Å²) in [4.78, 5) is 11.4. The lowest BCUT2D eigenvalue weighted by Gasteiger charge is -2.54. The van der Waals surface area contributed by atoms with E-state index in [-0.39, 0.29) is 5.02 Å². The molecule has 0 amide bonds. The molecule has 0 heterocycles. The molecule has 4 aliphatic carbocycles. The molecule has 1 aromatic rings. The van der Waals surface area contributed by atoms with E-state index in [0.717, 1.165) is 40.9 Å². The Labute approximate surface area is 171 Å². The van der Waals surface area contributed by atoms with Gasteiger partial charge in [0.1, 0.15) is 12.1 Å². The van der Waals surface area contributed by atoms with Crippen molar-refractivity contribution in [3.05, 3.63) is 29.0 Å². The minimum Gasteiger partial charge on any atom is -0.316 e. The predicted molar refractivity (Wildman–Crippen MR) is 110 cm³/mol. The van der Waals surface area contributed by atoms with Crippen molar-refractivity contribution in [3.8, 4) is 0 Å². The molecular formula is C21H30ClFN2OS. The van der Waals surface area contributed by atoms with E-state index in [1.165, 1.54) is 24.1 Å². The van der Waals surface area contributed by atoms with E-state index < -0.39 is 11.4 Å². The summed E-state index contributed by atoms with van der Waals surface area (Å²) in [6.45, 7) is 3.50. The highest BCUT2D eigenvalue weighted by Gasteiger charge is 2.47. The first kappa shape index (κ1) is 21.1. The summed E-state index contributed by atoms with van der Waals surface area (Å²) in [5.41, 5.74) is -0.620. The topological polar surface area (TPSA) is 41.1 Å². The van der Waals surface area contributed by atoms with Crippen LogP contribution in [0.3, 0.4) is 0 Å². The highest BCUT2D eigenvalue weighted by Crippen LogP contribution is 2.53. The van der Waals surface area contributed by atoms with Gasteiger partial charge in [0.2, 0.25) is 0 Å². The third-order valence-corrected chi connectivity index (χ3v) is 7.59. The molecule has 0 aliphatic heterocycles. The summed E-state index contributed by atoms with van der Waals surface area (Å²) in [5.74, 6) is 3.89. The van der Waals surface area contributed by atoms with E-state index in [9.17, 15) is 9.18 Å². The highest BCUT2D eigenvalue weighted by atomic mass is 35.5. The van der Waals surface area contributed by atoms with Crippen LogP contribution in [0.15, 0.2) is 23.1 Å². The van der Waals surface area contributed by atoms with Crippen molar-refractivity contribution in [3.63, 3.8) is 0 Å². The average Bonchev–Trinajstić information content (AvgIpc) is 2.63. The quantitative estimate of drug-likeness (QED) is 0.522. The van der Waals surface area contributed by atoms with Gasteiger partial charge in [0, 0.05) is 10.9 Å². The highest BCUT2D eigenvalue weighted by molar-refractivity contribution is 7.97. The summed E-state index contributed by atoms with van der Waals surface area (Å²) < 4.78 is 15.8. The van der Waals surface area contributed by atoms with Crippen LogP contribution in [0, 0.1) is 29.5 Å². The summed E-state index contributed by atoms with van der Waals surface area (Å²) in [6, 6.07) is 5.29. The smallest absolute Gasteiger partial charge is 0.141 e. The minimum atomic E-state index is -0.620. The van der Waals surface area contributed by atoms with Crippen molar-refractivity contribution >= 4 is 29.8 Å². The van der Waals surface area contributed by atoms with Gasteiger partial charge in [-0.25, -0.2) is 9.11 Å². The molecule has 4 aliphatic rings. The molecule has 3 nitrogen and oxygen atoms in total. The van der Waals surface area contributed by atoms with E-state index in [2.05, 4.69) is 17.1 Å². The first-order valence-corrected chi connectivity index (χ1v) is 11.0. The van der Waals surface area contributed by atoms with Crippen molar-refractivity contribution < 1.29 is 9.18 Å². The molecule has 2 N–H and O–H groups in total. The number of nitrogens with one attached hydrogen (secondary N) is 2. The average molecular weight is 413 g/mol. The van der Waals surface area contributed by atoms with E-state index in [1.54, 1.807) is 52.0 Å². The number of hydrogen-bond donors (Lipinski definition) is 2. The first-order chi connectivity index (χ1) is 12.8. The molecule has 0 saturated heterocycles. The lowest BCUT2D eigenvalue weighted by Crippen LogP contribution is -2.53. The van der Waals surface area contributed by atoms with Crippen LogP contribution in [-0.2, 0) is 4.79 Å². The Kier molecular flexibility index (Phi) is 6.88. The molecule has 0 aromatic heterocycles. The Hall–Kier alpha value is -0.620. The second-order valence-electron chi connectivity index (χ2n) is 8.86. The third kappa shape index (κ3) is 5.26. The van der Waals surface area contributed by atoms with Crippen molar-refractivity contribution in [2.75, 3.05) is 7.05 Å². The van der Waals surface area contributed by atoms with Crippen LogP contribution < -0.4 is 10.0 Å². The van der Waals surface area contributed by atoms with Crippen LogP contribution in [-0.4, -0.2) is 24.9 Å². The van der Waals surface area contributed by atoms with Gasteiger partial charge in [-0.05, 0) is 107 Å². The molecule has 0 unspecified atom stereocenters. The maximum atomic E-state index is 12.8. The summed E-state index contributed by atoms with van der Waals surface area (Å²) in [7, 11) is 2.16. The van der Waals surface area contributed by atoms with Gasteiger partial charge in [-0.2, -0.15) is 0 Å². The maximum Gasteiger partial charge on any atom is 0.141 e. The van der Waals surface area contributed by atoms with Gasteiger partial charge in [-0.15, -0.1) is 0 Å². The van der Waals surface area contributed by atoms with Crippen LogP contribution in [0.5, 0.6) is 0 Å². The number of hydrogen-bond acceptors (Lipinski definition) is 4. The lowest BCUT2D eigenvalue weighted by atomic mass is 9.54. The number of rotatable bonds is 5. The molecule has 0 atom stereocenters. The van der Waals surface area contributed by atoms with Crippen molar-refractivity contribution in [1.29, 1.82) is 0 Å². The largest absolute Gasteiger partial charge is 0.316 e. The number of carbonyl (C=O) groups is 1. The number of carbonyl (C=O) groups excluding carboxylic acids is 1. The van der Waals surface area contributed by atoms with Gasteiger partial charge in [0.05, 0.1) is 10.6 Å². The van der Waals surface area contributed by atoms with Crippen LogP contribution in [0.25, 0.3) is 0 Å². The summed E-state index contributed by atoms with van der Waals surface area (Å²) in [6.07, 6.45) is 8.54. The van der Waals surface area contributed by atoms with Crippen molar-refractivity contribution in [2.45, 2.75) is 62.4 Å². The van der Waals surface area contributed by atoms with E-state index in [0.29, 0.717) is 0 Å². The molecular weight excluding hydrogens is 383 g/mol. The standard InChI is InChI=1S/C11H19N.C10H11ClFNOS/c1-12-11-9-3-7-2-8(5-9)6-10(11)4-7;1-10(2,6-14)13-15-7-3-4-9(12)8(11)5-7/h7-12H,2-6H2,1H3;3-6,13H,1-2H3. The monoisotopic (exact) mass is 412 g/mol. The van der Waals surface area contributed by atoms with Crippen LogP contribution in [0.4, 0.5) is 4.39 Å². The number of halogens is 2. The second-order valence-corrected chi connectivity index (χ2v) is 10.2. The fourth-order valence-corrected chi connectivity index (χ4v) is 6.14. The van der Waals surface area contributed by atoms with Gasteiger partial charge >= 0.3 is 0 Å². The Bertz CT molecular complexity index is 642. The van der Waals surface area contributed by atoms with Gasteiger partial charge in [0.15, 0.2) is 0 Å². The minimum absolute atomic E-state index is 0.0747. The van der Waals surface area contributed by atoms with Crippen LogP contribution >= 0.6 is 23.5 Å². The summed E-state index contributed by atoms with van der Waals surface area (Å²) >= 11 is 6.85. The zero-order valence-corrected chi connectivity index (χ0v) is 17.9. The Morgan fingerprint density at radius 3 is 2.22 bits per heavy atom. The molecule has 4 saturated carbocycles. The Morgan fingerprint density at radius 2 is 1.74 bits per heavy atom. The maximum absolute atomic E-state index is 12.8. The molecule has 1 aromatic carbocycles. The van der Waals surface area contributed by atoms with Crippen molar-refractivity contribution in [1.82, 2.24) is 10.0 Å². The van der Waals surface area contributed by atoms with Gasteiger partial charge < -0.3 is 10.1 Å². The predicted octanol–water partition coefficient (Wildman–Crippen LogP) is 5.08. The zero-order valence-electron chi connectivity index (χ0n) is 16.3. The SMILES string of the molecule is CC(C)(C=O)NSc1ccc(F)c(Cl)c1.CNC1C2CC3CC(C2)CC1C3. The van der Waals surface area contributed by atoms with Crippen LogP contribution in [0.1, 0.15) is 46.0 Å². The fourth-order valence-electron chi connectivity index (χ4n) is 5.15. The summed E-state index contributed by atoms with van der Waals surface area (Å²) in [5, 5.41) is 3.62. The third-order valence-electron chi connectivity index (χ3n) is 6.18. The van der Waals surface area contributed by atoms with Crippen LogP contribution in [0.2, 0.25) is 5.02 Å². The Balaban J connectivity index is 0.000000158.